The van der Waals surface area contributed by atoms with Gasteiger partial charge in [0.05, 0.1) is 6.54 Å². The van der Waals surface area contributed by atoms with Crippen molar-refractivity contribution in [2.45, 2.75) is 25.3 Å². The topological polar surface area (TPSA) is 75.4 Å². The lowest BCUT2D eigenvalue weighted by molar-refractivity contribution is -0.134. The predicted molar refractivity (Wildman–Crippen MR) is 52.5 cm³/mol. The van der Waals surface area contributed by atoms with Crippen LogP contribution >= 0.6 is 0 Å². The summed E-state index contributed by atoms with van der Waals surface area (Å²) in [4.78, 5) is 23.5. The molecule has 3 N–H and O–H groups in total. The number of carbonyl (C=O) groups excluding carboxylic acids is 2. The molecule has 0 aromatic heterocycles. The van der Waals surface area contributed by atoms with Crippen molar-refractivity contribution >= 4 is 11.8 Å². The van der Waals surface area contributed by atoms with Gasteiger partial charge in [-0.1, -0.05) is 0 Å². The number of rotatable bonds is 4. The van der Waals surface area contributed by atoms with E-state index in [2.05, 4.69) is 5.32 Å². The van der Waals surface area contributed by atoms with Crippen LogP contribution in [-0.2, 0) is 9.59 Å². The van der Waals surface area contributed by atoms with Crippen molar-refractivity contribution in [3.8, 4) is 0 Å². The summed E-state index contributed by atoms with van der Waals surface area (Å²) < 4.78 is 0. The molecule has 0 spiro atoms. The van der Waals surface area contributed by atoms with Crippen molar-refractivity contribution in [2.75, 3.05) is 20.1 Å². The summed E-state index contributed by atoms with van der Waals surface area (Å²) in [6.07, 6.45) is 2.62. The van der Waals surface area contributed by atoms with Gasteiger partial charge in [0.1, 0.15) is 0 Å². The van der Waals surface area contributed by atoms with Gasteiger partial charge in [0.25, 0.3) is 0 Å². The summed E-state index contributed by atoms with van der Waals surface area (Å²) >= 11 is 0. The van der Waals surface area contributed by atoms with Crippen molar-refractivity contribution in [1.82, 2.24) is 10.2 Å². The molecular formula is C9H17N3O2. The zero-order valence-electron chi connectivity index (χ0n) is 8.45. The highest BCUT2D eigenvalue weighted by molar-refractivity contribution is 5.83. The van der Waals surface area contributed by atoms with Gasteiger partial charge in [-0.2, -0.15) is 0 Å². The van der Waals surface area contributed by atoms with Crippen LogP contribution in [0.3, 0.4) is 0 Å². The van der Waals surface area contributed by atoms with E-state index in [9.17, 15) is 9.59 Å². The van der Waals surface area contributed by atoms with E-state index in [4.69, 9.17) is 5.73 Å². The molecule has 1 unspecified atom stereocenters. The van der Waals surface area contributed by atoms with Gasteiger partial charge < -0.3 is 16.0 Å². The van der Waals surface area contributed by atoms with Crippen LogP contribution in [0.25, 0.3) is 0 Å². The number of hydrogen-bond acceptors (Lipinski definition) is 3. The standard InChI is InChI=1S/C9H17N3O2/c1-12(6-8(10)13)9(14)5-7-3-2-4-11-7/h7,11H,2-6H2,1H3,(H2,10,13). The lowest BCUT2D eigenvalue weighted by atomic mass is 10.1. The molecule has 1 heterocycles. The maximum Gasteiger partial charge on any atom is 0.237 e. The van der Waals surface area contributed by atoms with Crippen molar-refractivity contribution in [3.63, 3.8) is 0 Å². The fourth-order valence-corrected chi connectivity index (χ4v) is 1.62. The third kappa shape index (κ3) is 3.33. The molecule has 80 valence electrons. The number of primary amides is 1. The highest BCUT2D eigenvalue weighted by atomic mass is 16.2. The minimum Gasteiger partial charge on any atom is -0.368 e. The highest BCUT2D eigenvalue weighted by Gasteiger charge is 2.20. The Morgan fingerprint density at radius 1 is 1.57 bits per heavy atom. The molecule has 1 aliphatic heterocycles. The number of amides is 2. The average Bonchev–Trinajstić information content (AvgIpc) is 2.55. The van der Waals surface area contributed by atoms with E-state index in [0.29, 0.717) is 6.42 Å². The second-order valence-electron chi connectivity index (χ2n) is 3.71. The van der Waals surface area contributed by atoms with Crippen LogP contribution < -0.4 is 11.1 Å². The summed E-state index contributed by atoms with van der Waals surface area (Å²) in [6.45, 7) is 0.989. The van der Waals surface area contributed by atoms with Crippen LogP contribution in [0.4, 0.5) is 0 Å². The number of nitrogens with zero attached hydrogens (tertiary/aromatic N) is 1. The highest BCUT2D eigenvalue weighted by Crippen LogP contribution is 2.09. The van der Waals surface area contributed by atoms with Gasteiger partial charge in [0.2, 0.25) is 11.8 Å². The molecule has 14 heavy (non-hydrogen) atoms. The molecule has 1 aliphatic rings. The fourth-order valence-electron chi connectivity index (χ4n) is 1.62. The van der Waals surface area contributed by atoms with Crippen LogP contribution in [0.2, 0.25) is 0 Å². The first-order valence-electron chi connectivity index (χ1n) is 4.85. The second kappa shape index (κ2) is 4.95. The van der Waals surface area contributed by atoms with Crippen LogP contribution in [0.5, 0.6) is 0 Å². The van der Waals surface area contributed by atoms with Gasteiger partial charge in [0.15, 0.2) is 0 Å². The summed E-state index contributed by atoms with van der Waals surface area (Å²) in [7, 11) is 1.60. The molecule has 0 aromatic rings. The van der Waals surface area contributed by atoms with Gasteiger partial charge >= 0.3 is 0 Å². The van der Waals surface area contributed by atoms with E-state index in [1.165, 1.54) is 4.90 Å². The Kier molecular flexibility index (Phi) is 3.88. The van der Waals surface area contributed by atoms with E-state index in [0.717, 1.165) is 19.4 Å². The molecular weight excluding hydrogens is 182 g/mol. The van der Waals surface area contributed by atoms with E-state index in [-0.39, 0.29) is 18.5 Å². The summed E-state index contributed by atoms with van der Waals surface area (Å²) in [5, 5.41) is 3.23. The Bertz CT molecular complexity index is 224. The second-order valence-corrected chi connectivity index (χ2v) is 3.71. The van der Waals surface area contributed by atoms with E-state index < -0.39 is 5.91 Å². The number of nitrogens with two attached hydrogens (primary N) is 1. The van der Waals surface area contributed by atoms with Crippen molar-refractivity contribution in [2.24, 2.45) is 5.73 Å². The molecule has 1 atom stereocenters. The maximum atomic E-state index is 11.5. The number of likely N-dealkylation sites (N-methyl/N-ethyl adjacent to an activating group) is 1. The monoisotopic (exact) mass is 199 g/mol. The molecule has 0 aromatic carbocycles. The first kappa shape index (κ1) is 11.0. The molecule has 0 radical (unpaired) electrons. The van der Waals surface area contributed by atoms with Gasteiger partial charge in [-0.3, -0.25) is 9.59 Å². The quantitative estimate of drug-likeness (QED) is 0.614. The Hall–Kier alpha value is -1.10. The van der Waals surface area contributed by atoms with Gasteiger partial charge in [0, 0.05) is 19.5 Å². The maximum absolute atomic E-state index is 11.5. The van der Waals surface area contributed by atoms with Crippen LogP contribution in [0.1, 0.15) is 19.3 Å². The molecule has 1 rings (SSSR count). The first-order chi connectivity index (χ1) is 6.59. The summed E-state index contributed by atoms with van der Waals surface area (Å²) in [5.41, 5.74) is 4.99. The largest absolute Gasteiger partial charge is 0.368 e. The molecule has 5 heteroatoms. The SMILES string of the molecule is CN(CC(N)=O)C(=O)CC1CCCN1. The third-order valence-electron chi connectivity index (χ3n) is 2.40. The van der Waals surface area contributed by atoms with Gasteiger partial charge in [-0.15, -0.1) is 0 Å². The minimum absolute atomic E-state index is 0.00551. The van der Waals surface area contributed by atoms with Crippen LogP contribution in [0, 0.1) is 0 Å². The third-order valence-corrected chi connectivity index (χ3v) is 2.40. The molecule has 0 bridgehead atoms. The fraction of sp³-hybridized carbons (Fsp3) is 0.778. The number of nitrogens with one attached hydrogen (secondary N) is 1. The zero-order valence-corrected chi connectivity index (χ0v) is 8.45. The Morgan fingerprint density at radius 3 is 2.79 bits per heavy atom. The number of hydrogen-bond donors (Lipinski definition) is 2. The predicted octanol–water partition coefficient (Wildman–Crippen LogP) is -0.928. The average molecular weight is 199 g/mol. The molecule has 5 nitrogen and oxygen atoms in total. The lowest BCUT2D eigenvalue weighted by Gasteiger charge is -2.17. The Labute approximate surface area is 83.6 Å². The Morgan fingerprint density at radius 2 is 2.29 bits per heavy atom. The minimum atomic E-state index is -0.472. The van der Waals surface area contributed by atoms with Gasteiger partial charge in [-0.25, -0.2) is 0 Å². The van der Waals surface area contributed by atoms with Crippen molar-refractivity contribution < 1.29 is 9.59 Å². The van der Waals surface area contributed by atoms with E-state index >= 15 is 0 Å². The normalized spacial score (nSPS) is 20.8. The van der Waals surface area contributed by atoms with Crippen LogP contribution in [0.15, 0.2) is 0 Å². The van der Waals surface area contributed by atoms with Crippen molar-refractivity contribution in [3.05, 3.63) is 0 Å². The van der Waals surface area contributed by atoms with Gasteiger partial charge in [-0.05, 0) is 19.4 Å². The van der Waals surface area contributed by atoms with Crippen molar-refractivity contribution in [1.29, 1.82) is 0 Å². The summed E-state index contributed by atoms with van der Waals surface area (Å²) in [5.74, 6) is -0.497. The molecule has 1 saturated heterocycles. The first-order valence-corrected chi connectivity index (χ1v) is 4.85. The summed E-state index contributed by atoms with van der Waals surface area (Å²) in [6, 6.07) is 0.276. The van der Waals surface area contributed by atoms with E-state index in [1.54, 1.807) is 7.05 Å². The Balaban J connectivity index is 2.29. The van der Waals surface area contributed by atoms with Crippen LogP contribution in [-0.4, -0.2) is 42.9 Å². The molecule has 0 saturated carbocycles. The molecule has 0 aliphatic carbocycles. The zero-order chi connectivity index (χ0) is 10.6. The lowest BCUT2D eigenvalue weighted by Crippen LogP contribution is -2.38. The smallest absolute Gasteiger partial charge is 0.237 e. The number of carbonyl (C=O) groups is 2. The molecule has 2 amide bonds. The van der Waals surface area contributed by atoms with E-state index in [1.807, 2.05) is 0 Å². The molecule has 1 fully saturated rings.